The van der Waals surface area contributed by atoms with Crippen LogP contribution in [0.2, 0.25) is 0 Å². The third-order valence-corrected chi connectivity index (χ3v) is 4.44. The molecule has 130 valence electrons. The van der Waals surface area contributed by atoms with Crippen LogP contribution in [0.3, 0.4) is 0 Å². The summed E-state index contributed by atoms with van der Waals surface area (Å²) in [6.45, 7) is 7.99. The van der Waals surface area contributed by atoms with Gasteiger partial charge in [-0.2, -0.15) is 0 Å². The lowest BCUT2D eigenvalue weighted by Gasteiger charge is -2.34. The summed E-state index contributed by atoms with van der Waals surface area (Å²) in [4.78, 5) is 14.2. The van der Waals surface area contributed by atoms with Crippen molar-refractivity contribution in [3.8, 4) is 5.75 Å². The molecule has 0 saturated carbocycles. The number of halogens is 1. The van der Waals surface area contributed by atoms with Crippen molar-refractivity contribution in [2.24, 2.45) is 11.7 Å². The molecule has 1 aromatic rings. The van der Waals surface area contributed by atoms with E-state index in [-0.39, 0.29) is 31.0 Å². The first-order valence-electron chi connectivity index (χ1n) is 8.23. The highest BCUT2D eigenvalue weighted by molar-refractivity contribution is 5.85. The third kappa shape index (κ3) is 5.70. The molecule has 2 atom stereocenters. The molecule has 2 rings (SSSR count). The molecular weight excluding hydrogens is 312 g/mol. The number of amides is 1. The average molecular weight is 341 g/mol. The predicted molar refractivity (Wildman–Crippen MR) is 96.2 cm³/mol. The number of benzene rings is 1. The standard InChI is InChI=1S/C18H28N2O2.ClH/c1-13(2)15-6-4-8-17(10-15)22-12-18(21)20-9-5-7-16(11-20)14(3)19;/h4,6,8,10,13-14,16H,5,7,9,11-12,19H2,1-3H3;1H. The molecule has 1 aliphatic heterocycles. The molecule has 2 N–H and O–H groups in total. The van der Waals surface area contributed by atoms with Crippen molar-refractivity contribution < 1.29 is 9.53 Å². The number of nitrogens with zero attached hydrogens (tertiary/aromatic N) is 1. The quantitative estimate of drug-likeness (QED) is 0.895. The highest BCUT2D eigenvalue weighted by atomic mass is 35.5. The molecular formula is C18H29ClN2O2. The van der Waals surface area contributed by atoms with Crippen LogP contribution < -0.4 is 10.5 Å². The second kappa shape index (κ2) is 9.14. The van der Waals surface area contributed by atoms with Crippen LogP contribution in [0, 0.1) is 5.92 Å². The van der Waals surface area contributed by atoms with E-state index in [2.05, 4.69) is 19.9 Å². The van der Waals surface area contributed by atoms with Crippen molar-refractivity contribution in [3.05, 3.63) is 29.8 Å². The maximum atomic E-state index is 12.3. The Hall–Kier alpha value is -1.26. The third-order valence-electron chi connectivity index (χ3n) is 4.44. The molecule has 1 aromatic carbocycles. The van der Waals surface area contributed by atoms with Crippen molar-refractivity contribution in [1.82, 2.24) is 4.90 Å². The van der Waals surface area contributed by atoms with Gasteiger partial charge in [-0.1, -0.05) is 26.0 Å². The Morgan fingerprint density at radius 3 is 2.78 bits per heavy atom. The number of piperidine rings is 1. The van der Waals surface area contributed by atoms with Crippen LogP contribution in [0.5, 0.6) is 5.75 Å². The van der Waals surface area contributed by atoms with Crippen LogP contribution in [0.25, 0.3) is 0 Å². The average Bonchev–Trinajstić information content (AvgIpc) is 2.53. The molecule has 1 saturated heterocycles. The maximum Gasteiger partial charge on any atom is 0.260 e. The van der Waals surface area contributed by atoms with Crippen LogP contribution in [-0.2, 0) is 4.79 Å². The number of carbonyl (C=O) groups excluding carboxylic acids is 1. The van der Waals surface area contributed by atoms with Gasteiger partial charge in [0.25, 0.3) is 5.91 Å². The number of carbonyl (C=O) groups is 1. The van der Waals surface area contributed by atoms with E-state index in [4.69, 9.17) is 10.5 Å². The Morgan fingerprint density at radius 2 is 2.13 bits per heavy atom. The molecule has 5 heteroatoms. The molecule has 1 aliphatic rings. The van der Waals surface area contributed by atoms with Gasteiger partial charge >= 0.3 is 0 Å². The van der Waals surface area contributed by atoms with Gasteiger partial charge in [-0.25, -0.2) is 0 Å². The van der Waals surface area contributed by atoms with Crippen LogP contribution in [0.1, 0.15) is 45.1 Å². The molecule has 23 heavy (non-hydrogen) atoms. The van der Waals surface area contributed by atoms with Gasteiger partial charge in [0.15, 0.2) is 6.61 Å². The van der Waals surface area contributed by atoms with Gasteiger partial charge < -0.3 is 15.4 Å². The Labute approximate surface area is 145 Å². The molecule has 0 aromatic heterocycles. The van der Waals surface area contributed by atoms with E-state index >= 15 is 0 Å². The molecule has 0 aliphatic carbocycles. The Morgan fingerprint density at radius 1 is 1.39 bits per heavy atom. The van der Waals surface area contributed by atoms with Crippen molar-refractivity contribution in [2.75, 3.05) is 19.7 Å². The van der Waals surface area contributed by atoms with Crippen LogP contribution in [0.4, 0.5) is 0 Å². The van der Waals surface area contributed by atoms with Gasteiger partial charge in [0.05, 0.1) is 0 Å². The number of rotatable bonds is 5. The SMILES string of the molecule is CC(C)c1cccc(OCC(=O)N2CCCC(C(C)N)C2)c1.Cl. The van der Waals surface area contributed by atoms with Crippen molar-refractivity contribution in [1.29, 1.82) is 0 Å². The first kappa shape index (κ1) is 19.8. The first-order valence-corrected chi connectivity index (χ1v) is 8.23. The monoisotopic (exact) mass is 340 g/mol. The van der Waals surface area contributed by atoms with Crippen molar-refractivity contribution >= 4 is 18.3 Å². The summed E-state index contributed by atoms with van der Waals surface area (Å²) in [7, 11) is 0. The highest BCUT2D eigenvalue weighted by Gasteiger charge is 2.25. The van der Waals surface area contributed by atoms with Gasteiger partial charge in [-0.3, -0.25) is 4.79 Å². The normalized spacial score (nSPS) is 19.2. The number of hydrogen-bond acceptors (Lipinski definition) is 3. The number of ether oxygens (including phenoxy) is 1. The van der Waals surface area contributed by atoms with E-state index in [1.807, 2.05) is 30.0 Å². The lowest BCUT2D eigenvalue weighted by Crippen LogP contribution is -2.46. The molecule has 1 heterocycles. The van der Waals surface area contributed by atoms with E-state index in [1.165, 1.54) is 5.56 Å². The predicted octanol–water partition coefficient (Wildman–Crippen LogP) is 3.20. The van der Waals surface area contributed by atoms with Crippen molar-refractivity contribution in [3.63, 3.8) is 0 Å². The van der Waals surface area contributed by atoms with E-state index in [0.717, 1.165) is 31.7 Å². The minimum absolute atomic E-state index is 0. The Bertz CT molecular complexity index is 506. The lowest BCUT2D eigenvalue weighted by atomic mass is 9.92. The largest absolute Gasteiger partial charge is 0.484 e. The summed E-state index contributed by atoms with van der Waals surface area (Å²) in [5.41, 5.74) is 7.19. The zero-order valence-corrected chi connectivity index (χ0v) is 15.1. The number of likely N-dealkylation sites (tertiary alicyclic amines) is 1. The minimum Gasteiger partial charge on any atom is -0.484 e. The Balaban J connectivity index is 0.00000264. The van der Waals surface area contributed by atoms with Gasteiger partial charge in [0.2, 0.25) is 0 Å². The summed E-state index contributed by atoms with van der Waals surface area (Å²) in [6.07, 6.45) is 2.14. The van der Waals surface area contributed by atoms with E-state index in [1.54, 1.807) is 0 Å². The van der Waals surface area contributed by atoms with E-state index in [9.17, 15) is 4.79 Å². The molecule has 2 unspecified atom stereocenters. The molecule has 0 radical (unpaired) electrons. The molecule has 0 bridgehead atoms. The van der Waals surface area contributed by atoms with Crippen molar-refractivity contribution in [2.45, 2.75) is 45.6 Å². The first-order chi connectivity index (χ1) is 10.5. The second-order valence-electron chi connectivity index (χ2n) is 6.62. The molecule has 4 nitrogen and oxygen atoms in total. The van der Waals surface area contributed by atoms with E-state index in [0.29, 0.717) is 11.8 Å². The van der Waals surface area contributed by atoms with Gasteiger partial charge in [0.1, 0.15) is 5.75 Å². The summed E-state index contributed by atoms with van der Waals surface area (Å²) in [5.74, 6) is 1.68. The summed E-state index contributed by atoms with van der Waals surface area (Å²) in [6, 6.07) is 8.11. The fraction of sp³-hybridized carbons (Fsp3) is 0.611. The van der Waals surface area contributed by atoms with Gasteiger partial charge in [-0.05, 0) is 49.3 Å². The zero-order valence-electron chi connectivity index (χ0n) is 14.3. The number of hydrogen-bond donors (Lipinski definition) is 1. The van der Waals surface area contributed by atoms with E-state index < -0.39 is 0 Å². The summed E-state index contributed by atoms with van der Waals surface area (Å²) < 4.78 is 5.69. The van der Waals surface area contributed by atoms with Crippen LogP contribution >= 0.6 is 12.4 Å². The fourth-order valence-electron chi connectivity index (χ4n) is 2.87. The maximum absolute atomic E-state index is 12.3. The van der Waals surface area contributed by atoms with Gasteiger partial charge in [0, 0.05) is 19.1 Å². The summed E-state index contributed by atoms with van der Waals surface area (Å²) >= 11 is 0. The lowest BCUT2D eigenvalue weighted by molar-refractivity contribution is -0.135. The topological polar surface area (TPSA) is 55.6 Å². The van der Waals surface area contributed by atoms with Crippen LogP contribution in [0.15, 0.2) is 24.3 Å². The summed E-state index contributed by atoms with van der Waals surface area (Å²) in [5, 5.41) is 0. The smallest absolute Gasteiger partial charge is 0.260 e. The zero-order chi connectivity index (χ0) is 16.1. The van der Waals surface area contributed by atoms with Gasteiger partial charge in [-0.15, -0.1) is 12.4 Å². The highest BCUT2D eigenvalue weighted by Crippen LogP contribution is 2.21. The minimum atomic E-state index is 0. The number of nitrogens with two attached hydrogens (primary N) is 1. The molecule has 1 fully saturated rings. The fourth-order valence-corrected chi connectivity index (χ4v) is 2.87. The van der Waals surface area contributed by atoms with Crippen LogP contribution in [-0.4, -0.2) is 36.5 Å². The molecule has 0 spiro atoms. The second-order valence-corrected chi connectivity index (χ2v) is 6.62. The molecule has 1 amide bonds. The Kier molecular flexibility index (Phi) is 7.86.